The zero-order valence-corrected chi connectivity index (χ0v) is 26.5. The van der Waals surface area contributed by atoms with Crippen molar-refractivity contribution in [1.82, 2.24) is 5.32 Å². The molecule has 1 aliphatic heterocycles. The second kappa shape index (κ2) is 11.0. The van der Waals surface area contributed by atoms with Gasteiger partial charge in [0.2, 0.25) is 0 Å². The van der Waals surface area contributed by atoms with E-state index in [9.17, 15) is 0 Å². The van der Waals surface area contributed by atoms with Crippen LogP contribution in [-0.4, -0.2) is 11.7 Å². The molecule has 1 aromatic heterocycles. The fraction of sp³-hybridized carbons (Fsp3) is 0.0222. The lowest BCUT2D eigenvalue weighted by atomic mass is 9.92. The summed E-state index contributed by atoms with van der Waals surface area (Å²) in [6, 6.07) is 57.5. The zero-order chi connectivity index (χ0) is 32.3. The van der Waals surface area contributed by atoms with Crippen LogP contribution >= 0.6 is 0 Å². The first-order chi connectivity index (χ1) is 24.3. The van der Waals surface area contributed by atoms with Gasteiger partial charge in [-0.1, -0.05) is 133 Å². The number of hydrogen-bond acceptors (Lipinski definition) is 4. The summed E-state index contributed by atoms with van der Waals surface area (Å²) in [5, 5.41) is 12.9. The maximum atomic E-state index is 6.26. The van der Waals surface area contributed by atoms with Gasteiger partial charge in [0.25, 0.3) is 0 Å². The van der Waals surface area contributed by atoms with Crippen LogP contribution in [0.15, 0.2) is 178 Å². The average Bonchev–Trinajstić information content (AvgIpc) is 3.56. The summed E-state index contributed by atoms with van der Waals surface area (Å²) < 4.78 is 6.26. The van der Waals surface area contributed by atoms with Crippen LogP contribution < -0.4 is 5.32 Å². The van der Waals surface area contributed by atoms with Gasteiger partial charge in [-0.05, 0) is 79.3 Å². The molecule has 0 fully saturated rings. The average molecular weight is 628 g/mol. The minimum absolute atomic E-state index is 0.317. The predicted molar refractivity (Wildman–Crippen MR) is 204 cm³/mol. The van der Waals surface area contributed by atoms with E-state index < -0.39 is 0 Å². The molecule has 10 rings (SSSR count). The first kappa shape index (κ1) is 27.6. The van der Waals surface area contributed by atoms with Crippen LogP contribution in [0.3, 0.4) is 0 Å². The number of nitrogens with zero attached hydrogens (tertiary/aromatic N) is 2. The minimum atomic E-state index is -0.317. The molecule has 1 unspecified atom stereocenters. The highest BCUT2D eigenvalue weighted by Gasteiger charge is 2.24. The molecule has 1 atom stereocenters. The molecule has 0 radical (unpaired) electrons. The molecule has 0 spiro atoms. The fourth-order valence-corrected chi connectivity index (χ4v) is 7.33. The highest BCUT2D eigenvalue weighted by molar-refractivity contribution is 6.21. The van der Waals surface area contributed by atoms with Crippen LogP contribution in [0.25, 0.3) is 65.4 Å². The van der Waals surface area contributed by atoms with E-state index in [2.05, 4.69) is 157 Å². The maximum Gasteiger partial charge on any atom is 0.160 e. The normalized spacial score (nSPS) is 14.7. The van der Waals surface area contributed by atoms with Gasteiger partial charge in [0, 0.05) is 21.9 Å². The lowest BCUT2D eigenvalue weighted by Crippen LogP contribution is -2.33. The second-order valence-corrected chi connectivity index (χ2v) is 12.6. The first-order valence-corrected chi connectivity index (χ1v) is 16.6. The van der Waals surface area contributed by atoms with Gasteiger partial charge in [-0.2, -0.15) is 0 Å². The molecule has 0 saturated carbocycles. The predicted octanol–water partition coefficient (Wildman–Crippen LogP) is 11.2. The Bertz CT molecular complexity index is 2820. The van der Waals surface area contributed by atoms with Gasteiger partial charge in [0.1, 0.15) is 23.2 Å². The standard InChI is InChI=1S/C45H29N3O/c1-3-12-30-26-32(22-20-28(30)10-1)43-46-44(33-23-21-29-11-2-4-13-31(29)27-33)48-45(47-43)38-25-24-36(34-14-5-6-15-35(34)38)37-17-9-19-41-42(37)39-16-7-8-18-40(39)49-41/h1-27,43H,(H,46,47,48). The summed E-state index contributed by atoms with van der Waals surface area (Å²) in [6.45, 7) is 0. The van der Waals surface area contributed by atoms with Gasteiger partial charge < -0.3 is 9.73 Å². The third-order valence-corrected chi connectivity index (χ3v) is 9.71. The van der Waals surface area contributed by atoms with Gasteiger partial charge in [-0.25, -0.2) is 9.98 Å². The topological polar surface area (TPSA) is 49.9 Å². The van der Waals surface area contributed by atoms with E-state index in [1.165, 1.54) is 21.5 Å². The molecule has 0 amide bonds. The molecule has 0 aliphatic carbocycles. The Labute approximate surface area is 282 Å². The van der Waals surface area contributed by atoms with E-state index in [4.69, 9.17) is 14.4 Å². The number of furan rings is 1. The van der Waals surface area contributed by atoms with Crippen LogP contribution in [-0.2, 0) is 0 Å². The molecule has 1 N–H and O–H groups in total. The molecular weight excluding hydrogens is 599 g/mol. The van der Waals surface area contributed by atoms with E-state index in [-0.39, 0.29) is 6.17 Å². The lowest BCUT2D eigenvalue weighted by molar-refractivity contribution is 0.669. The molecule has 9 aromatic rings. The first-order valence-electron chi connectivity index (χ1n) is 16.6. The summed E-state index contributed by atoms with van der Waals surface area (Å²) in [4.78, 5) is 10.5. The van der Waals surface area contributed by atoms with Crippen LogP contribution in [0, 0.1) is 0 Å². The number of benzene rings is 8. The molecule has 230 valence electrons. The van der Waals surface area contributed by atoms with Crippen LogP contribution in [0.5, 0.6) is 0 Å². The number of hydrogen-bond donors (Lipinski definition) is 1. The van der Waals surface area contributed by atoms with E-state index in [0.717, 1.165) is 66.4 Å². The molecule has 1 aliphatic rings. The summed E-state index contributed by atoms with van der Waals surface area (Å²) in [5.74, 6) is 1.51. The fourth-order valence-electron chi connectivity index (χ4n) is 7.33. The SMILES string of the molecule is c1ccc2cc(C3=NC(c4ccc(-c5cccc6oc7ccccc7c56)c5ccccc45)=NC(c4ccc5ccccc5c4)N3)ccc2c1. The van der Waals surface area contributed by atoms with Gasteiger partial charge >= 0.3 is 0 Å². The number of amidine groups is 2. The third kappa shape index (κ3) is 4.61. The smallest absolute Gasteiger partial charge is 0.160 e. The molecule has 2 heterocycles. The van der Waals surface area contributed by atoms with Gasteiger partial charge in [0.15, 0.2) is 5.84 Å². The minimum Gasteiger partial charge on any atom is -0.456 e. The number of nitrogens with one attached hydrogen (secondary N) is 1. The summed E-state index contributed by atoms with van der Waals surface area (Å²) >= 11 is 0. The van der Waals surface area contributed by atoms with Crippen molar-refractivity contribution in [3.05, 3.63) is 180 Å². The third-order valence-electron chi connectivity index (χ3n) is 9.71. The van der Waals surface area contributed by atoms with E-state index in [1.807, 2.05) is 12.1 Å². The zero-order valence-electron chi connectivity index (χ0n) is 26.5. The summed E-state index contributed by atoms with van der Waals surface area (Å²) in [7, 11) is 0. The highest BCUT2D eigenvalue weighted by atomic mass is 16.3. The van der Waals surface area contributed by atoms with Gasteiger partial charge in [-0.3, -0.25) is 0 Å². The number of aliphatic imine (C=N–C) groups is 2. The Hall–Kier alpha value is -6.52. The van der Waals surface area contributed by atoms with Crippen molar-refractivity contribution in [2.24, 2.45) is 9.98 Å². The van der Waals surface area contributed by atoms with Gasteiger partial charge in [0.05, 0.1) is 0 Å². The summed E-state index contributed by atoms with van der Waals surface area (Å²) in [6.07, 6.45) is -0.317. The molecule has 8 aromatic carbocycles. The number of para-hydroxylation sites is 1. The van der Waals surface area contributed by atoms with Gasteiger partial charge in [-0.15, -0.1) is 0 Å². The Morgan fingerprint density at radius 1 is 0.469 bits per heavy atom. The van der Waals surface area contributed by atoms with Crippen molar-refractivity contribution >= 4 is 65.9 Å². The van der Waals surface area contributed by atoms with Crippen molar-refractivity contribution in [3.63, 3.8) is 0 Å². The molecule has 4 nitrogen and oxygen atoms in total. The van der Waals surface area contributed by atoms with Crippen molar-refractivity contribution in [1.29, 1.82) is 0 Å². The molecular formula is C45H29N3O. The Balaban J connectivity index is 1.17. The Morgan fingerprint density at radius 3 is 1.92 bits per heavy atom. The van der Waals surface area contributed by atoms with E-state index in [1.54, 1.807) is 0 Å². The highest BCUT2D eigenvalue weighted by Crippen LogP contribution is 2.40. The second-order valence-electron chi connectivity index (χ2n) is 12.6. The van der Waals surface area contributed by atoms with Crippen molar-refractivity contribution < 1.29 is 4.42 Å². The quantitative estimate of drug-likeness (QED) is 0.211. The monoisotopic (exact) mass is 627 g/mol. The van der Waals surface area contributed by atoms with E-state index >= 15 is 0 Å². The number of fused-ring (bicyclic) bond motifs is 6. The Kier molecular flexibility index (Phi) is 6.21. The lowest BCUT2D eigenvalue weighted by Gasteiger charge is -2.25. The maximum absolute atomic E-state index is 6.26. The largest absolute Gasteiger partial charge is 0.456 e. The summed E-state index contributed by atoms with van der Waals surface area (Å²) in [5.41, 5.74) is 7.18. The van der Waals surface area contributed by atoms with E-state index in [0.29, 0.717) is 5.84 Å². The Morgan fingerprint density at radius 2 is 1.10 bits per heavy atom. The molecule has 49 heavy (non-hydrogen) atoms. The van der Waals surface area contributed by atoms with Crippen LogP contribution in [0.2, 0.25) is 0 Å². The molecule has 0 saturated heterocycles. The van der Waals surface area contributed by atoms with Crippen molar-refractivity contribution in [2.45, 2.75) is 6.17 Å². The van der Waals surface area contributed by atoms with Crippen LogP contribution in [0.1, 0.15) is 22.9 Å². The van der Waals surface area contributed by atoms with Crippen molar-refractivity contribution in [3.8, 4) is 11.1 Å². The van der Waals surface area contributed by atoms with Crippen molar-refractivity contribution in [2.75, 3.05) is 0 Å². The molecule has 4 heteroatoms. The molecule has 0 bridgehead atoms. The van der Waals surface area contributed by atoms with Crippen LogP contribution in [0.4, 0.5) is 0 Å². The number of rotatable bonds is 4.